The zero-order chi connectivity index (χ0) is 12.5. The first-order valence-corrected chi connectivity index (χ1v) is 6.20. The minimum Gasteiger partial charge on any atom is -0.489 e. The van der Waals surface area contributed by atoms with Gasteiger partial charge in [0, 0.05) is 12.6 Å². The molecule has 5 heteroatoms. The van der Waals surface area contributed by atoms with Gasteiger partial charge in [-0.3, -0.25) is 4.79 Å². The summed E-state index contributed by atoms with van der Waals surface area (Å²) in [6.45, 7) is 2.57. The highest BCUT2D eigenvalue weighted by Crippen LogP contribution is 2.33. The third-order valence-corrected chi connectivity index (χ3v) is 3.46. The van der Waals surface area contributed by atoms with Crippen LogP contribution >= 0.6 is 0 Å². The first kappa shape index (κ1) is 11.5. The molecule has 1 aromatic carbocycles. The Morgan fingerprint density at radius 1 is 1.50 bits per heavy atom. The van der Waals surface area contributed by atoms with Crippen molar-refractivity contribution in [2.75, 3.05) is 31.1 Å². The van der Waals surface area contributed by atoms with E-state index in [-0.39, 0.29) is 17.6 Å². The van der Waals surface area contributed by atoms with Crippen molar-refractivity contribution in [3.8, 4) is 5.75 Å². The molecule has 0 aliphatic carbocycles. The molecule has 1 fully saturated rings. The summed E-state index contributed by atoms with van der Waals surface area (Å²) in [5.41, 5.74) is 0.680. The molecule has 4 nitrogen and oxygen atoms in total. The Kier molecular flexibility index (Phi) is 2.91. The van der Waals surface area contributed by atoms with Gasteiger partial charge in [-0.15, -0.1) is 0 Å². The highest BCUT2D eigenvalue weighted by Gasteiger charge is 2.31. The predicted octanol–water partition coefficient (Wildman–Crippen LogP) is 1.16. The Balaban J connectivity index is 1.88. The first-order chi connectivity index (χ1) is 8.75. The highest BCUT2D eigenvalue weighted by molar-refractivity contribution is 5.97. The molecule has 1 unspecified atom stereocenters. The maximum atomic E-state index is 13.1. The number of halogens is 1. The van der Waals surface area contributed by atoms with Crippen molar-refractivity contribution in [1.82, 2.24) is 5.32 Å². The molecule has 2 aliphatic rings. The Labute approximate surface area is 105 Å². The molecule has 1 atom stereocenters. The van der Waals surface area contributed by atoms with Gasteiger partial charge in [-0.05, 0) is 25.1 Å². The number of fused-ring (bicyclic) bond motifs is 1. The molecule has 2 heterocycles. The molecule has 0 spiro atoms. The van der Waals surface area contributed by atoms with Crippen LogP contribution in [0.3, 0.4) is 0 Å². The predicted molar refractivity (Wildman–Crippen MR) is 65.2 cm³/mol. The van der Waals surface area contributed by atoms with Crippen LogP contribution in [-0.4, -0.2) is 32.1 Å². The number of carbonyl (C=O) groups is 1. The molecular weight excluding hydrogens is 235 g/mol. The first-order valence-electron chi connectivity index (χ1n) is 6.20. The lowest BCUT2D eigenvalue weighted by molar-refractivity contribution is -0.122. The summed E-state index contributed by atoms with van der Waals surface area (Å²) in [7, 11) is 0. The number of ether oxygens (including phenoxy) is 1. The average molecular weight is 250 g/mol. The number of hydrogen-bond acceptors (Lipinski definition) is 3. The van der Waals surface area contributed by atoms with Gasteiger partial charge in [0.05, 0.1) is 18.2 Å². The van der Waals surface area contributed by atoms with E-state index in [1.807, 2.05) is 0 Å². The van der Waals surface area contributed by atoms with Gasteiger partial charge in [-0.2, -0.15) is 0 Å². The SMILES string of the molecule is O=C(C1CCNC1)N1CCOc2cc(F)ccc21. The fraction of sp³-hybridized carbons (Fsp3) is 0.462. The van der Waals surface area contributed by atoms with E-state index in [9.17, 15) is 9.18 Å². The van der Waals surface area contributed by atoms with Crippen molar-refractivity contribution in [3.05, 3.63) is 24.0 Å². The van der Waals surface area contributed by atoms with E-state index in [0.29, 0.717) is 24.6 Å². The third kappa shape index (κ3) is 1.95. The van der Waals surface area contributed by atoms with Gasteiger partial charge in [-0.25, -0.2) is 4.39 Å². The maximum absolute atomic E-state index is 13.1. The van der Waals surface area contributed by atoms with Crippen LogP contribution in [0.1, 0.15) is 6.42 Å². The summed E-state index contributed by atoms with van der Waals surface area (Å²) < 4.78 is 18.5. The van der Waals surface area contributed by atoms with Crippen LogP contribution < -0.4 is 15.0 Å². The number of hydrogen-bond donors (Lipinski definition) is 1. The molecule has 3 rings (SSSR count). The van der Waals surface area contributed by atoms with Crippen molar-refractivity contribution < 1.29 is 13.9 Å². The Morgan fingerprint density at radius 3 is 3.17 bits per heavy atom. The zero-order valence-electron chi connectivity index (χ0n) is 9.99. The van der Waals surface area contributed by atoms with E-state index < -0.39 is 0 Å². The zero-order valence-corrected chi connectivity index (χ0v) is 9.99. The van der Waals surface area contributed by atoms with Crippen LogP contribution in [0, 0.1) is 11.7 Å². The van der Waals surface area contributed by atoms with Crippen molar-refractivity contribution in [3.63, 3.8) is 0 Å². The Bertz CT molecular complexity index is 472. The Morgan fingerprint density at radius 2 is 2.39 bits per heavy atom. The number of amides is 1. The quantitative estimate of drug-likeness (QED) is 0.813. The molecule has 0 aromatic heterocycles. The van der Waals surface area contributed by atoms with Crippen molar-refractivity contribution in [2.45, 2.75) is 6.42 Å². The molecule has 0 bridgehead atoms. The van der Waals surface area contributed by atoms with Crippen LogP contribution in [0.4, 0.5) is 10.1 Å². The summed E-state index contributed by atoms with van der Waals surface area (Å²) in [5.74, 6) is 0.253. The largest absolute Gasteiger partial charge is 0.489 e. The van der Waals surface area contributed by atoms with E-state index >= 15 is 0 Å². The molecule has 0 saturated carbocycles. The minimum atomic E-state index is -0.342. The van der Waals surface area contributed by atoms with Crippen molar-refractivity contribution in [1.29, 1.82) is 0 Å². The van der Waals surface area contributed by atoms with E-state index in [1.165, 1.54) is 12.1 Å². The second kappa shape index (κ2) is 4.57. The van der Waals surface area contributed by atoms with Gasteiger partial charge >= 0.3 is 0 Å². The number of nitrogens with one attached hydrogen (secondary N) is 1. The van der Waals surface area contributed by atoms with E-state index in [1.54, 1.807) is 11.0 Å². The number of carbonyl (C=O) groups excluding carboxylic acids is 1. The standard InChI is InChI=1S/C13H15FN2O2/c14-10-1-2-11-12(7-10)18-6-5-16(11)13(17)9-3-4-15-8-9/h1-2,7,9,15H,3-6,8H2. The average Bonchev–Trinajstić information content (AvgIpc) is 2.90. The van der Waals surface area contributed by atoms with Crippen LogP contribution in [-0.2, 0) is 4.79 Å². The van der Waals surface area contributed by atoms with Gasteiger partial charge in [0.15, 0.2) is 0 Å². The third-order valence-electron chi connectivity index (χ3n) is 3.46. The normalized spacial score (nSPS) is 22.5. The van der Waals surface area contributed by atoms with Crippen LogP contribution in [0.5, 0.6) is 5.75 Å². The van der Waals surface area contributed by atoms with Crippen LogP contribution in [0.15, 0.2) is 18.2 Å². The molecule has 1 N–H and O–H groups in total. The summed E-state index contributed by atoms with van der Waals surface area (Å²) in [6, 6.07) is 4.31. The van der Waals surface area contributed by atoms with Crippen molar-refractivity contribution in [2.24, 2.45) is 5.92 Å². The topological polar surface area (TPSA) is 41.6 Å². The summed E-state index contributed by atoms with van der Waals surface area (Å²) in [5, 5.41) is 3.19. The second-order valence-corrected chi connectivity index (χ2v) is 4.64. The van der Waals surface area contributed by atoms with Crippen LogP contribution in [0.25, 0.3) is 0 Å². The lowest BCUT2D eigenvalue weighted by Gasteiger charge is -2.31. The van der Waals surface area contributed by atoms with E-state index in [0.717, 1.165) is 19.5 Å². The molecule has 2 aliphatic heterocycles. The van der Waals surface area contributed by atoms with Gasteiger partial charge in [-0.1, -0.05) is 0 Å². The molecule has 96 valence electrons. The number of benzene rings is 1. The van der Waals surface area contributed by atoms with E-state index in [4.69, 9.17) is 4.74 Å². The lowest BCUT2D eigenvalue weighted by atomic mass is 10.1. The number of anilines is 1. The molecular formula is C13H15FN2O2. The highest BCUT2D eigenvalue weighted by atomic mass is 19.1. The molecule has 18 heavy (non-hydrogen) atoms. The van der Waals surface area contributed by atoms with Gasteiger partial charge < -0.3 is 15.0 Å². The molecule has 1 saturated heterocycles. The monoisotopic (exact) mass is 250 g/mol. The van der Waals surface area contributed by atoms with Crippen molar-refractivity contribution >= 4 is 11.6 Å². The fourth-order valence-corrected chi connectivity index (χ4v) is 2.51. The van der Waals surface area contributed by atoms with Gasteiger partial charge in [0.25, 0.3) is 0 Å². The molecule has 0 radical (unpaired) electrons. The van der Waals surface area contributed by atoms with E-state index in [2.05, 4.69) is 5.32 Å². The van der Waals surface area contributed by atoms with Gasteiger partial charge in [0.1, 0.15) is 18.2 Å². The second-order valence-electron chi connectivity index (χ2n) is 4.64. The number of rotatable bonds is 1. The molecule has 1 amide bonds. The molecule has 1 aromatic rings. The summed E-state index contributed by atoms with van der Waals surface area (Å²) >= 11 is 0. The fourth-order valence-electron chi connectivity index (χ4n) is 2.51. The minimum absolute atomic E-state index is 0.0287. The van der Waals surface area contributed by atoms with Crippen LogP contribution in [0.2, 0.25) is 0 Å². The number of nitrogens with zero attached hydrogens (tertiary/aromatic N) is 1. The maximum Gasteiger partial charge on any atom is 0.231 e. The van der Waals surface area contributed by atoms with Gasteiger partial charge in [0.2, 0.25) is 5.91 Å². The Hall–Kier alpha value is -1.62. The summed E-state index contributed by atoms with van der Waals surface area (Å²) in [6.07, 6.45) is 0.868. The summed E-state index contributed by atoms with van der Waals surface area (Å²) in [4.78, 5) is 14.1. The lowest BCUT2D eigenvalue weighted by Crippen LogP contribution is -2.42. The smallest absolute Gasteiger partial charge is 0.231 e.